The normalized spacial score (nSPS) is 10.5. The molecular formula is C9H11N3S. The fourth-order valence-corrected chi connectivity index (χ4v) is 1.91. The highest BCUT2D eigenvalue weighted by molar-refractivity contribution is 7.07. The van der Waals surface area contributed by atoms with Crippen LogP contribution in [0.3, 0.4) is 0 Å². The van der Waals surface area contributed by atoms with Gasteiger partial charge in [-0.3, -0.25) is 0 Å². The van der Waals surface area contributed by atoms with Crippen molar-refractivity contribution in [1.29, 1.82) is 0 Å². The first-order valence-corrected chi connectivity index (χ1v) is 5.01. The highest BCUT2D eigenvalue weighted by Crippen LogP contribution is 2.11. The molecule has 2 heterocycles. The van der Waals surface area contributed by atoms with Crippen molar-refractivity contribution in [2.75, 3.05) is 5.73 Å². The number of aromatic nitrogens is 2. The molecule has 0 bridgehead atoms. The van der Waals surface area contributed by atoms with E-state index in [1.54, 1.807) is 11.3 Å². The Balaban J connectivity index is 2.23. The summed E-state index contributed by atoms with van der Waals surface area (Å²) in [7, 11) is 0. The largest absolute Gasteiger partial charge is 0.384 e. The first-order valence-electron chi connectivity index (χ1n) is 4.07. The van der Waals surface area contributed by atoms with E-state index in [2.05, 4.69) is 21.9 Å². The predicted octanol–water partition coefficient (Wildman–Crippen LogP) is 1.88. The maximum Gasteiger partial charge on any atom is 0.122 e. The third kappa shape index (κ3) is 1.72. The van der Waals surface area contributed by atoms with Crippen LogP contribution in [0.5, 0.6) is 0 Å². The summed E-state index contributed by atoms with van der Waals surface area (Å²) in [6.07, 6.45) is 0. The first-order chi connectivity index (χ1) is 6.25. The van der Waals surface area contributed by atoms with E-state index in [0.717, 1.165) is 18.1 Å². The molecule has 2 N–H and O–H groups in total. The molecule has 0 aliphatic heterocycles. The van der Waals surface area contributed by atoms with Gasteiger partial charge in [-0.15, -0.1) is 0 Å². The molecule has 0 atom stereocenters. The second-order valence-corrected chi connectivity index (χ2v) is 3.78. The highest BCUT2D eigenvalue weighted by atomic mass is 32.1. The topological polar surface area (TPSA) is 43.8 Å². The molecule has 0 fully saturated rings. The number of thiophene rings is 1. The van der Waals surface area contributed by atoms with Crippen LogP contribution in [0.1, 0.15) is 11.3 Å². The minimum Gasteiger partial charge on any atom is -0.384 e. The van der Waals surface area contributed by atoms with Gasteiger partial charge in [0.1, 0.15) is 5.82 Å². The summed E-state index contributed by atoms with van der Waals surface area (Å²) in [5, 5.41) is 8.45. The molecule has 0 aromatic carbocycles. The summed E-state index contributed by atoms with van der Waals surface area (Å²) >= 11 is 1.69. The Labute approximate surface area is 80.8 Å². The van der Waals surface area contributed by atoms with Gasteiger partial charge in [-0.05, 0) is 29.3 Å². The molecule has 0 saturated carbocycles. The molecule has 3 nitrogen and oxygen atoms in total. The Morgan fingerprint density at radius 3 is 3.00 bits per heavy atom. The van der Waals surface area contributed by atoms with Crippen molar-refractivity contribution in [1.82, 2.24) is 9.78 Å². The molecule has 2 rings (SSSR count). The quantitative estimate of drug-likeness (QED) is 0.791. The van der Waals surface area contributed by atoms with Crippen molar-refractivity contribution in [2.45, 2.75) is 13.5 Å². The van der Waals surface area contributed by atoms with Crippen molar-refractivity contribution in [2.24, 2.45) is 0 Å². The van der Waals surface area contributed by atoms with E-state index in [9.17, 15) is 0 Å². The SMILES string of the molecule is Cc1cc(N)n(Cc2ccsc2)n1. The van der Waals surface area contributed by atoms with E-state index in [1.807, 2.05) is 17.7 Å². The molecule has 0 aliphatic carbocycles. The minimum atomic E-state index is 0.726. The number of hydrogen-bond acceptors (Lipinski definition) is 3. The molecule has 4 heteroatoms. The van der Waals surface area contributed by atoms with Gasteiger partial charge in [0.05, 0.1) is 12.2 Å². The third-order valence-electron chi connectivity index (χ3n) is 1.85. The van der Waals surface area contributed by atoms with Crippen LogP contribution in [-0.2, 0) is 6.54 Å². The minimum absolute atomic E-state index is 0.726. The van der Waals surface area contributed by atoms with Crippen molar-refractivity contribution in [3.63, 3.8) is 0 Å². The van der Waals surface area contributed by atoms with Crippen LogP contribution in [0.4, 0.5) is 5.82 Å². The van der Waals surface area contributed by atoms with Gasteiger partial charge in [0, 0.05) is 6.07 Å². The molecule has 2 aromatic rings. The van der Waals surface area contributed by atoms with Gasteiger partial charge in [0.2, 0.25) is 0 Å². The van der Waals surface area contributed by atoms with E-state index < -0.39 is 0 Å². The van der Waals surface area contributed by atoms with Crippen molar-refractivity contribution in [3.05, 3.63) is 34.2 Å². The zero-order chi connectivity index (χ0) is 9.26. The maximum atomic E-state index is 5.76. The lowest BCUT2D eigenvalue weighted by atomic mass is 10.3. The van der Waals surface area contributed by atoms with Gasteiger partial charge >= 0.3 is 0 Å². The average molecular weight is 193 g/mol. The first kappa shape index (κ1) is 8.31. The van der Waals surface area contributed by atoms with Crippen molar-refractivity contribution in [3.8, 4) is 0 Å². The lowest BCUT2D eigenvalue weighted by molar-refractivity contribution is 0.691. The van der Waals surface area contributed by atoms with Crippen LogP contribution in [0.25, 0.3) is 0 Å². The summed E-state index contributed by atoms with van der Waals surface area (Å²) in [6.45, 7) is 2.71. The van der Waals surface area contributed by atoms with E-state index in [1.165, 1.54) is 5.56 Å². The molecule has 68 valence electrons. The fourth-order valence-electron chi connectivity index (χ4n) is 1.25. The van der Waals surface area contributed by atoms with Crippen molar-refractivity contribution >= 4 is 17.2 Å². The summed E-state index contributed by atoms with van der Waals surface area (Å²) in [5.74, 6) is 0.726. The van der Waals surface area contributed by atoms with E-state index >= 15 is 0 Å². The maximum absolute atomic E-state index is 5.76. The molecule has 0 amide bonds. The Morgan fingerprint density at radius 2 is 2.46 bits per heavy atom. The second-order valence-electron chi connectivity index (χ2n) is 3.00. The summed E-state index contributed by atoms with van der Waals surface area (Å²) in [5.41, 5.74) is 7.98. The summed E-state index contributed by atoms with van der Waals surface area (Å²) in [4.78, 5) is 0. The molecule has 13 heavy (non-hydrogen) atoms. The van der Waals surface area contributed by atoms with Crippen LogP contribution >= 0.6 is 11.3 Å². The molecule has 0 unspecified atom stereocenters. The molecule has 0 saturated heterocycles. The molecule has 0 radical (unpaired) electrons. The number of nitrogens with zero attached hydrogens (tertiary/aromatic N) is 2. The zero-order valence-corrected chi connectivity index (χ0v) is 8.21. The molecular weight excluding hydrogens is 182 g/mol. The number of nitrogens with two attached hydrogens (primary N) is 1. The van der Waals surface area contributed by atoms with E-state index in [0.29, 0.717) is 0 Å². The monoisotopic (exact) mass is 193 g/mol. The van der Waals surface area contributed by atoms with Crippen LogP contribution in [0.2, 0.25) is 0 Å². The van der Waals surface area contributed by atoms with Gasteiger partial charge in [-0.2, -0.15) is 16.4 Å². The molecule has 0 aliphatic rings. The molecule has 2 aromatic heterocycles. The van der Waals surface area contributed by atoms with Crippen LogP contribution in [0.15, 0.2) is 22.9 Å². The molecule has 0 spiro atoms. The van der Waals surface area contributed by atoms with Gasteiger partial charge in [0.15, 0.2) is 0 Å². The second kappa shape index (κ2) is 3.22. The van der Waals surface area contributed by atoms with Crippen LogP contribution in [-0.4, -0.2) is 9.78 Å². The Hall–Kier alpha value is -1.29. The standard InChI is InChI=1S/C9H11N3S/c1-7-4-9(10)12(11-7)5-8-2-3-13-6-8/h2-4,6H,5,10H2,1H3. The summed E-state index contributed by atoms with van der Waals surface area (Å²) < 4.78 is 1.82. The zero-order valence-electron chi connectivity index (χ0n) is 7.40. The number of aryl methyl sites for hydroxylation is 1. The summed E-state index contributed by atoms with van der Waals surface area (Å²) in [6, 6.07) is 3.97. The van der Waals surface area contributed by atoms with Gasteiger partial charge in [0.25, 0.3) is 0 Å². The van der Waals surface area contributed by atoms with E-state index in [-0.39, 0.29) is 0 Å². The lowest BCUT2D eigenvalue weighted by Gasteiger charge is -2.00. The van der Waals surface area contributed by atoms with Gasteiger partial charge < -0.3 is 5.73 Å². The number of rotatable bonds is 2. The van der Waals surface area contributed by atoms with Crippen LogP contribution in [0, 0.1) is 6.92 Å². The van der Waals surface area contributed by atoms with Gasteiger partial charge in [-0.1, -0.05) is 0 Å². The predicted molar refractivity (Wildman–Crippen MR) is 54.8 cm³/mol. The Bertz CT molecular complexity index is 389. The number of hydrogen-bond donors (Lipinski definition) is 1. The third-order valence-corrected chi connectivity index (χ3v) is 2.58. The Morgan fingerprint density at radius 1 is 1.62 bits per heavy atom. The number of anilines is 1. The van der Waals surface area contributed by atoms with Crippen molar-refractivity contribution < 1.29 is 0 Å². The van der Waals surface area contributed by atoms with Crippen LogP contribution < -0.4 is 5.73 Å². The lowest BCUT2D eigenvalue weighted by Crippen LogP contribution is -2.04. The average Bonchev–Trinajstić information content (AvgIpc) is 2.63. The fraction of sp³-hybridized carbons (Fsp3) is 0.222. The number of nitrogen functional groups attached to an aromatic ring is 1. The van der Waals surface area contributed by atoms with Gasteiger partial charge in [-0.25, -0.2) is 4.68 Å². The Kier molecular flexibility index (Phi) is 2.06. The van der Waals surface area contributed by atoms with E-state index in [4.69, 9.17) is 5.73 Å². The smallest absolute Gasteiger partial charge is 0.122 e. The highest BCUT2D eigenvalue weighted by Gasteiger charge is 2.01.